The second-order valence-electron chi connectivity index (χ2n) is 2.32. The lowest BCUT2D eigenvalue weighted by Crippen LogP contribution is -2.15. The average molecular weight is 161 g/mol. The molecule has 0 unspecified atom stereocenters. The smallest absolute Gasteiger partial charge is 0.00580 e. The van der Waals surface area contributed by atoms with E-state index in [4.69, 9.17) is 0 Å². The molecule has 0 spiro atoms. The van der Waals surface area contributed by atoms with Gasteiger partial charge in [-0.05, 0) is 18.7 Å². The molecule has 0 heterocycles. The SMILES string of the molecule is CCCCSCCNCC. The first-order valence-corrected chi connectivity index (χ1v) is 5.35. The van der Waals surface area contributed by atoms with Crippen LogP contribution >= 0.6 is 11.8 Å². The molecule has 0 rings (SSSR count). The van der Waals surface area contributed by atoms with Gasteiger partial charge in [-0.2, -0.15) is 11.8 Å². The highest BCUT2D eigenvalue weighted by atomic mass is 32.2. The third-order valence-corrected chi connectivity index (χ3v) is 2.39. The van der Waals surface area contributed by atoms with E-state index < -0.39 is 0 Å². The van der Waals surface area contributed by atoms with Crippen molar-refractivity contribution in [2.45, 2.75) is 26.7 Å². The first kappa shape index (κ1) is 10.3. The molecule has 0 aliphatic rings. The summed E-state index contributed by atoms with van der Waals surface area (Å²) in [5.74, 6) is 2.61. The number of hydrogen-bond acceptors (Lipinski definition) is 2. The van der Waals surface area contributed by atoms with Gasteiger partial charge in [-0.25, -0.2) is 0 Å². The summed E-state index contributed by atoms with van der Waals surface area (Å²) >= 11 is 2.06. The minimum Gasteiger partial charge on any atom is -0.316 e. The number of rotatable bonds is 7. The zero-order chi connectivity index (χ0) is 7.66. The molecule has 0 aromatic heterocycles. The lowest BCUT2D eigenvalue weighted by Gasteiger charge is -2.00. The Morgan fingerprint density at radius 3 is 2.60 bits per heavy atom. The van der Waals surface area contributed by atoms with Gasteiger partial charge in [0.15, 0.2) is 0 Å². The lowest BCUT2D eigenvalue weighted by atomic mass is 10.4. The number of unbranched alkanes of at least 4 members (excludes halogenated alkanes) is 1. The van der Waals surface area contributed by atoms with Crippen molar-refractivity contribution in [3.63, 3.8) is 0 Å². The van der Waals surface area contributed by atoms with E-state index in [0.29, 0.717) is 0 Å². The molecule has 1 N–H and O–H groups in total. The Balaban J connectivity index is 2.65. The molecule has 0 aliphatic heterocycles. The van der Waals surface area contributed by atoms with Gasteiger partial charge in [0, 0.05) is 12.3 Å². The van der Waals surface area contributed by atoms with Crippen molar-refractivity contribution in [2.75, 3.05) is 24.6 Å². The number of hydrogen-bond donors (Lipinski definition) is 1. The maximum absolute atomic E-state index is 3.30. The fraction of sp³-hybridized carbons (Fsp3) is 1.00. The number of thioether (sulfide) groups is 1. The van der Waals surface area contributed by atoms with Crippen molar-refractivity contribution >= 4 is 11.8 Å². The molecule has 0 amide bonds. The van der Waals surface area contributed by atoms with E-state index in [1.54, 1.807) is 0 Å². The Morgan fingerprint density at radius 1 is 1.20 bits per heavy atom. The van der Waals surface area contributed by atoms with Crippen LogP contribution in [0.1, 0.15) is 26.7 Å². The van der Waals surface area contributed by atoms with Crippen LogP contribution in [0.2, 0.25) is 0 Å². The Kier molecular flexibility index (Phi) is 9.60. The predicted octanol–water partition coefficient (Wildman–Crippen LogP) is 2.13. The molecular formula is C8H19NS. The number of nitrogens with one attached hydrogen (secondary N) is 1. The molecule has 0 saturated heterocycles. The molecule has 0 fully saturated rings. The van der Waals surface area contributed by atoms with Crippen LogP contribution in [-0.4, -0.2) is 24.6 Å². The second kappa shape index (κ2) is 9.31. The fourth-order valence-corrected chi connectivity index (χ4v) is 1.66. The Bertz CT molecular complexity index is 49.2. The van der Waals surface area contributed by atoms with E-state index in [-0.39, 0.29) is 0 Å². The molecule has 0 atom stereocenters. The van der Waals surface area contributed by atoms with Crippen molar-refractivity contribution in [1.82, 2.24) is 5.32 Å². The summed E-state index contributed by atoms with van der Waals surface area (Å²) in [4.78, 5) is 0. The highest BCUT2D eigenvalue weighted by molar-refractivity contribution is 7.99. The molecule has 0 aromatic carbocycles. The minimum absolute atomic E-state index is 1.11. The summed E-state index contributed by atoms with van der Waals surface area (Å²) in [5, 5.41) is 3.30. The molecule has 0 saturated carbocycles. The topological polar surface area (TPSA) is 12.0 Å². The Morgan fingerprint density at radius 2 is 2.00 bits per heavy atom. The minimum atomic E-state index is 1.11. The highest BCUT2D eigenvalue weighted by Gasteiger charge is 1.86. The van der Waals surface area contributed by atoms with Crippen LogP contribution in [0.25, 0.3) is 0 Å². The maximum Gasteiger partial charge on any atom is 0.00580 e. The summed E-state index contributed by atoms with van der Waals surface area (Å²) < 4.78 is 0. The summed E-state index contributed by atoms with van der Waals surface area (Å²) in [5.41, 5.74) is 0. The molecule has 1 nitrogen and oxygen atoms in total. The van der Waals surface area contributed by atoms with E-state index in [9.17, 15) is 0 Å². The molecular weight excluding hydrogens is 142 g/mol. The van der Waals surface area contributed by atoms with Crippen LogP contribution in [0.3, 0.4) is 0 Å². The summed E-state index contributed by atoms with van der Waals surface area (Å²) in [7, 11) is 0. The first-order valence-electron chi connectivity index (χ1n) is 4.20. The van der Waals surface area contributed by atoms with Crippen molar-refractivity contribution in [2.24, 2.45) is 0 Å². The Hall–Kier alpha value is 0.310. The fourth-order valence-electron chi connectivity index (χ4n) is 0.670. The molecule has 0 aliphatic carbocycles. The van der Waals surface area contributed by atoms with Crippen molar-refractivity contribution in [3.05, 3.63) is 0 Å². The van der Waals surface area contributed by atoms with Crippen LogP contribution < -0.4 is 5.32 Å². The molecule has 0 bridgehead atoms. The summed E-state index contributed by atoms with van der Waals surface area (Å²) in [6.45, 7) is 6.67. The van der Waals surface area contributed by atoms with E-state index >= 15 is 0 Å². The average Bonchev–Trinajstić information content (AvgIpc) is 1.97. The standard InChI is InChI=1S/C8H19NS/c1-3-5-7-10-8-6-9-4-2/h9H,3-8H2,1-2H3. The lowest BCUT2D eigenvalue weighted by molar-refractivity contribution is 0.767. The van der Waals surface area contributed by atoms with Gasteiger partial charge in [0.05, 0.1) is 0 Å². The van der Waals surface area contributed by atoms with Crippen LogP contribution in [0.15, 0.2) is 0 Å². The highest BCUT2D eigenvalue weighted by Crippen LogP contribution is 2.02. The molecule has 10 heavy (non-hydrogen) atoms. The Labute approximate surface area is 69.0 Å². The van der Waals surface area contributed by atoms with Gasteiger partial charge in [-0.1, -0.05) is 20.3 Å². The normalized spacial score (nSPS) is 10.2. The first-order chi connectivity index (χ1) is 4.91. The van der Waals surface area contributed by atoms with Crippen LogP contribution in [0.5, 0.6) is 0 Å². The monoisotopic (exact) mass is 161 g/mol. The second-order valence-corrected chi connectivity index (χ2v) is 3.54. The van der Waals surface area contributed by atoms with E-state index in [0.717, 1.165) is 6.54 Å². The van der Waals surface area contributed by atoms with Crippen LogP contribution in [0.4, 0.5) is 0 Å². The van der Waals surface area contributed by atoms with Gasteiger partial charge < -0.3 is 5.32 Å². The largest absolute Gasteiger partial charge is 0.316 e. The van der Waals surface area contributed by atoms with Gasteiger partial charge in [0.1, 0.15) is 0 Å². The molecule has 0 aromatic rings. The van der Waals surface area contributed by atoms with Gasteiger partial charge in [-0.3, -0.25) is 0 Å². The van der Waals surface area contributed by atoms with E-state index in [1.165, 1.54) is 30.9 Å². The summed E-state index contributed by atoms with van der Waals surface area (Å²) in [6, 6.07) is 0. The van der Waals surface area contributed by atoms with Crippen molar-refractivity contribution in [3.8, 4) is 0 Å². The van der Waals surface area contributed by atoms with Crippen molar-refractivity contribution in [1.29, 1.82) is 0 Å². The van der Waals surface area contributed by atoms with E-state index in [2.05, 4.69) is 30.9 Å². The quantitative estimate of drug-likeness (QED) is 0.574. The zero-order valence-corrected chi connectivity index (χ0v) is 7.97. The van der Waals surface area contributed by atoms with Crippen molar-refractivity contribution < 1.29 is 0 Å². The van der Waals surface area contributed by atoms with E-state index in [1.807, 2.05) is 0 Å². The molecule has 0 radical (unpaired) electrons. The zero-order valence-electron chi connectivity index (χ0n) is 7.15. The third-order valence-electron chi connectivity index (χ3n) is 1.32. The summed E-state index contributed by atoms with van der Waals surface area (Å²) in [6.07, 6.45) is 2.70. The predicted molar refractivity (Wildman–Crippen MR) is 50.8 cm³/mol. The van der Waals surface area contributed by atoms with Gasteiger partial charge in [-0.15, -0.1) is 0 Å². The van der Waals surface area contributed by atoms with Gasteiger partial charge >= 0.3 is 0 Å². The van der Waals surface area contributed by atoms with Gasteiger partial charge in [0.25, 0.3) is 0 Å². The molecule has 62 valence electrons. The third kappa shape index (κ3) is 8.31. The van der Waals surface area contributed by atoms with Crippen LogP contribution in [0, 0.1) is 0 Å². The van der Waals surface area contributed by atoms with Crippen LogP contribution in [-0.2, 0) is 0 Å². The molecule has 2 heteroatoms. The maximum atomic E-state index is 3.30. The van der Waals surface area contributed by atoms with Gasteiger partial charge in [0.2, 0.25) is 0 Å².